The first-order chi connectivity index (χ1) is 13.3. The zero-order valence-electron chi connectivity index (χ0n) is 14.3. The van der Waals surface area contributed by atoms with Gasteiger partial charge in [0.25, 0.3) is 5.91 Å². The van der Waals surface area contributed by atoms with Crippen molar-refractivity contribution in [1.29, 1.82) is 0 Å². The Morgan fingerprint density at radius 1 is 0.929 bits per heavy atom. The molecule has 1 aromatic heterocycles. The summed E-state index contributed by atoms with van der Waals surface area (Å²) < 4.78 is 0. The first-order valence-electron chi connectivity index (χ1n) is 7.89. The van der Waals surface area contributed by atoms with E-state index in [0.717, 1.165) is 11.3 Å². The number of halogens is 3. The Labute approximate surface area is 179 Å². The second kappa shape index (κ2) is 8.79. The Balaban J connectivity index is 1.67. The van der Waals surface area contributed by atoms with Crippen LogP contribution in [0.3, 0.4) is 0 Å². The molecule has 0 spiro atoms. The van der Waals surface area contributed by atoms with Crippen LogP contribution in [0.1, 0.15) is 15.4 Å². The van der Waals surface area contributed by atoms with E-state index in [0.29, 0.717) is 37.0 Å². The minimum absolute atomic E-state index is 0.288. The van der Waals surface area contributed by atoms with Gasteiger partial charge in [-0.05, 0) is 43.3 Å². The van der Waals surface area contributed by atoms with Crippen molar-refractivity contribution in [3.05, 3.63) is 68.1 Å². The van der Waals surface area contributed by atoms with Crippen LogP contribution < -0.4 is 16.0 Å². The van der Waals surface area contributed by atoms with E-state index in [9.17, 15) is 9.59 Å². The SMILES string of the molecule is Cc1nc(NC(=O)Nc2cccc(Cl)c2)sc1C(=O)Nc1ccc(Cl)c(Cl)c1. The van der Waals surface area contributed by atoms with Crippen molar-refractivity contribution in [1.82, 2.24) is 4.98 Å². The van der Waals surface area contributed by atoms with Gasteiger partial charge in [0.15, 0.2) is 5.13 Å². The minimum atomic E-state index is -0.493. The number of nitrogens with zero attached hydrogens (tertiary/aromatic N) is 1. The van der Waals surface area contributed by atoms with Crippen molar-refractivity contribution < 1.29 is 9.59 Å². The molecule has 0 unspecified atom stereocenters. The number of aryl methyl sites for hydroxylation is 1. The van der Waals surface area contributed by atoms with Gasteiger partial charge >= 0.3 is 6.03 Å². The van der Waals surface area contributed by atoms with Crippen molar-refractivity contribution in [2.24, 2.45) is 0 Å². The van der Waals surface area contributed by atoms with Crippen LogP contribution in [0.5, 0.6) is 0 Å². The zero-order chi connectivity index (χ0) is 20.3. The van der Waals surface area contributed by atoms with Crippen LogP contribution >= 0.6 is 46.1 Å². The Bertz CT molecular complexity index is 1060. The molecule has 0 saturated heterocycles. The lowest BCUT2D eigenvalue weighted by Crippen LogP contribution is -2.19. The molecule has 0 aliphatic heterocycles. The normalized spacial score (nSPS) is 10.4. The lowest BCUT2D eigenvalue weighted by molar-refractivity contribution is 0.103. The van der Waals surface area contributed by atoms with Gasteiger partial charge in [-0.1, -0.05) is 52.2 Å². The second-order valence-corrected chi connectivity index (χ2v) is 7.86. The van der Waals surface area contributed by atoms with Crippen molar-refractivity contribution in [3.8, 4) is 0 Å². The van der Waals surface area contributed by atoms with Crippen molar-refractivity contribution >= 4 is 74.6 Å². The van der Waals surface area contributed by atoms with Crippen LogP contribution in [0.25, 0.3) is 0 Å². The molecule has 3 aromatic rings. The highest BCUT2D eigenvalue weighted by molar-refractivity contribution is 7.17. The van der Waals surface area contributed by atoms with Gasteiger partial charge in [-0.15, -0.1) is 0 Å². The van der Waals surface area contributed by atoms with E-state index in [-0.39, 0.29) is 11.0 Å². The Kier molecular flexibility index (Phi) is 6.41. The maximum absolute atomic E-state index is 12.5. The van der Waals surface area contributed by atoms with Crippen LogP contribution in [-0.2, 0) is 0 Å². The molecule has 0 aliphatic rings. The van der Waals surface area contributed by atoms with E-state index in [4.69, 9.17) is 34.8 Å². The van der Waals surface area contributed by atoms with Crippen LogP contribution in [-0.4, -0.2) is 16.9 Å². The maximum atomic E-state index is 12.5. The molecule has 2 aromatic carbocycles. The number of thiazole rings is 1. The fraction of sp³-hybridized carbons (Fsp3) is 0.0556. The molecule has 0 bridgehead atoms. The summed E-state index contributed by atoms with van der Waals surface area (Å²) in [6.45, 7) is 1.68. The third kappa shape index (κ3) is 5.14. The maximum Gasteiger partial charge on any atom is 0.325 e. The number of hydrogen-bond acceptors (Lipinski definition) is 4. The third-order valence-electron chi connectivity index (χ3n) is 3.48. The highest BCUT2D eigenvalue weighted by atomic mass is 35.5. The summed E-state index contributed by atoms with van der Waals surface area (Å²) in [7, 11) is 0. The van der Waals surface area contributed by atoms with E-state index < -0.39 is 6.03 Å². The van der Waals surface area contributed by atoms with Crippen LogP contribution in [0.2, 0.25) is 15.1 Å². The number of carbonyl (C=O) groups excluding carboxylic acids is 2. The summed E-state index contributed by atoms with van der Waals surface area (Å²) in [4.78, 5) is 29.2. The smallest absolute Gasteiger partial charge is 0.321 e. The molecule has 0 fully saturated rings. The van der Waals surface area contributed by atoms with E-state index >= 15 is 0 Å². The molecular weight excluding hydrogens is 443 g/mol. The first kappa shape index (κ1) is 20.4. The monoisotopic (exact) mass is 454 g/mol. The molecule has 3 rings (SSSR count). The van der Waals surface area contributed by atoms with Gasteiger partial charge in [0.2, 0.25) is 0 Å². The standard InChI is InChI=1S/C18H13Cl3N4O2S/c1-9-15(16(26)23-12-5-6-13(20)14(21)8-12)28-18(22-9)25-17(27)24-11-4-2-3-10(19)7-11/h2-8H,1H3,(H,23,26)(H2,22,24,25,27). The molecule has 1 heterocycles. The lowest BCUT2D eigenvalue weighted by Gasteiger charge is -2.05. The van der Waals surface area contributed by atoms with Gasteiger partial charge in [0.05, 0.1) is 15.7 Å². The zero-order valence-corrected chi connectivity index (χ0v) is 17.4. The Morgan fingerprint density at radius 3 is 2.39 bits per heavy atom. The molecule has 0 radical (unpaired) electrons. The predicted octanol–water partition coefficient (Wildman–Crippen LogP) is 6.31. The quantitative estimate of drug-likeness (QED) is 0.431. The fourth-order valence-electron chi connectivity index (χ4n) is 2.25. The Morgan fingerprint density at radius 2 is 1.68 bits per heavy atom. The average Bonchev–Trinajstić information content (AvgIpc) is 2.98. The topological polar surface area (TPSA) is 83.1 Å². The molecule has 3 N–H and O–H groups in total. The fourth-order valence-corrected chi connectivity index (χ4v) is 3.59. The second-order valence-electron chi connectivity index (χ2n) is 5.61. The summed E-state index contributed by atoms with van der Waals surface area (Å²) >= 11 is 18.8. The molecular formula is C18H13Cl3N4O2S. The number of nitrogens with one attached hydrogen (secondary N) is 3. The highest BCUT2D eigenvalue weighted by Gasteiger charge is 2.17. The van der Waals surface area contributed by atoms with Gasteiger partial charge in [-0.3, -0.25) is 10.1 Å². The predicted molar refractivity (Wildman–Crippen MR) is 115 cm³/mol. The molecule has 0 aliphatic carbocycles. The minimum Gasteiger partial charge on any atom is -0.321 e. The largest absolute Gasteiger partial charge is 0.325 e. The molecule has 0 saturated carbocycles. The number of amides is 3. The summed E-state index contributed by atoms with van der Waals surface area (Å²) in [6, 6.07) is 11.0. The van der Waals surface area contributed by atoms with Crippen LogP contribution in [0, 0.1) is 6.92 Å². The summed E-state index contributed by atoms with van der Waals surface area (Å²) in [5, 5.41) is 9.49. The molecule has 144 valence electrons. The molecule has 3 amide bonds. The van der Waals surface area contributed by atoms with Crippen LogP contribution in [0.4, 0.5) is 21.3 Å². The number of aromatic nitrogens is 1. The van der Waals surface area contributed by atoms with Crippen molar-refractivity contribution in [2.75, 3.05) is 16.0 Å². The van der Waals surface area contributed by atoms with E-state index in [2.05, 4.69) is 20.9 Å². The summed E-state index contributed by atoms with van der Waals surface area (Å²) in [6.07, 6.45) is 0. The first-order valence-corrected chi connectivity index (χ1v) is 9.84. The molecule has 6 nitrogen and oxygen atoms in total. The van der Waals surface area contributed by atoms with Crippen molar-refractivity contribution in [2.45, 2.75) is 6.92 Å². The highest BCUT2D eigenvalue weighted by Crippen LogP contribution is 2.27. The van der Waals surface area contributed by atoms with E-state index in [1.807, 2.05) is 0 Å². The van der Waals surface area contributed by atoms with E-state index in [1.165, 1.54) is 0 Å². The van der Waals surface area contributed by atoms with Gasteiger partial charge < -0.3 is 10.6 Å². The number of benzene rings is 2. The number of anilines is 3. The van der Waals surface area contributed by atoms with Crippen molar-refractivity contribution in [3.63, 3.8) is 0 Å². The number of rotatable bonds is 4. The average molecular weight is 456 g/mol. The third-order valence-corrected chi connectivity index (χ3v) is 5.53. The summed E-state index contributed by atoms with van der Waals surface area (Å²) in [5.74, 6) is -0.364. The Hall–Kier alpha value is -2.32. The number of hydrogen-bond donors (Lipinski definition) is 3. The van der Waals surface area contributed by atoms with Gasteiger partial charge in [-0.2, -0.15) is 0 Å². The van der Waals surface area contributed by atoms with Crippen LogP contribution in [0.15, 0.2) is 42.5 Å². The molecule has 10 heteroatoms. The summed E-state index contributed by atoms with van der Waals surface area (Å²) in [5.41, 5.74) is 1.52. The van der Waals surface area contributed by atoms with Gasteiger partial charge in [0.1, 0.15) is 4.88 Å². The number of carbonyl (C=O) groups is 2. The lowest BCUT2D eigenvalue weighted by atomic mass is 10.3. The van der Waals surface area contributed by atoms with Gasteiger partial charge in [-0.25, -0.2) is 9.78 Å². The molecule has 0 atom stereocenters. The molecule has 28 heavy (non-hydrogen) atoms. The van der Waals surface area contributed by atoms with Gasteiger partial charge in [0, 0.05) is 16.4 Å². The van der Waals surface area contributed by atoms with E-state index in [1.54, 1.807) is 49.4 Å². The number of urea groups is 1.